The first-order valence-electron chi connectivity index (χ1n) is 5.51. The molecule has 0 aliphatic heterocycles. The number of benzene rings is 1. The highest BCUT2D eigenvalue weighted by molar-refractivity contribution is 7.13. The fourth-order valence-electron chi connectivity index (χ4n) is 1.62. The second kappa shape index (κ2) is 5.23. The lowest BCUT2D eigenvalue weighted by molar-refractivity contribution is 0.816. The van der Waals surface area contributed by atoms with Crippen LogP contribution >= 0.6 is 11.3 Å². The lowest BCUT2D eigenvalue weighted by Crippen LogP contribution is -2.00. The van der Waals surface area contributed by atoms with E-state index < -0.39 is 0 Å². The van der Waals surface area contributed by atoms with Crippen molar-refractivity contribution in [1.29, 1.82) is 0 Å². The summed E-state index contributed by atoms with van der Waals surface area (Å²) < 4.78 is 0. The highest BCUT2D eigenvalue weighted by Gasteiger charge is 2.04. The summed E-state index contributed by atoms with van der Waals surface area (Å²) in [6.07, 6.45) is 2.00. The van der Waals surface area contributed by atoms with Crippen LogP contribution in [0.3, 0.4) is 0 Å². The number of nitrogens with zero attached hydrogens (tertiary/aromatic N) is 1. The summed E-state index contributed by atoms with van der Waals surface area (Å²) in [5.41, 5.74) is 9.14. The van der Waals surface area contributed by atoms with E-state index >= 15 is 0 Å². The Labute approximate surface area is 100 Å². The number of aryl methyl sites for hydroxylation is 2. The monoisotopic (exact) mass is 232 g/mol. The van der Waals surface area contributed by atoms with Gasteiger partial charge in [0.05, 0.1) is 5.69 Å². The fourth-order valence-corrected chi connectivity index (χ4v) is 2.47. The molecule has 0 radical (unpaired) electrons. The molecule has 84 valence electrons. The van der Waals surface area contributed by atoms with Gasteiger partial charge in [0.1, 0.15) is 5.01 Å². The summed E-state index contributed by atoms with van der Waals surface area (Å²) in [4.78, 5) is 4.62. The average molecular weight is 232 g/mol. The lowest BCUT2D eigenvalue weighted by atomic mass is 10.1. The van der Waals surface area contributed by atoms with Gasteiger partial charge >= 0.3 is 0 Å². The Morgan fingerprint density at radius 1 is 1.38 bits per heavy atom. The number of hydrogen-bond donors (Lipinski definition) is 1. The Balaban J connectivity index is 2.18. The Morgan fingerprint density at radius 3 is 3.00 bits per heavy atom. The van der Waals surface area contributed by atoms with Crippen molar-refractivity contribution in [3.8, 4) is 10.6 Å². The van der Waals surface area contributed by atoms with Crippen LogP contribution < -0.4 is 5.73 Å². The molecule has 1 aromatic carbocycles. The van der Waals surface area contributed by atoms with Gasteiger partial charge in [-0.1, -0.05) is 23.8 Å². The third kappa shape index (κ3) is 2.68. The fraction of sp³-hybridized carbons (Fsp3) is 0.308. The molecule has 1 heterocycles. The number of nitrogens with two attached hydrogens (primary N) is 1. The largest absolute Gasteiger partial charge is 0.330 e. The van der Waals surface area contributed by atoms with Crippen LogP contribution in [0.1, 0.15) is 17.7 Å². The first-order valence-corrected chi connectivity index (χ1v) is 6.39. The zero-order valence-electron chi connectivity index (χ0n) is 9.44. The number of thiazole rings is 1. The molecule has 2 N–H and O–H groups in total. The maximum Gasteiger partial charge on any atom is 0.123 e. The molecule has 0 spiro atoms. The Hall–Kier alpha value is -1.19. The van der Waals surface area contributed by atoms with Crippen LogP contribution in [-0.2, 0) is 6.42 Å². The molecule has 0 bridgehead atoms. The van der Waals surface area contributed by atoms with Crippen LogP contribution in [0.15, 0.2) is 29.6 Å². The van der Waals surface area contributed by atoms with Crippen LogP contribution in [0, 0.1) is 6.92 Å². The van der Waals surface area contributed by atoms with Crippen molar-refractivity contribution in [3.05, 3.63) is 40.9 Å². The minimum atomic E-state index is 0.733. The molecule has 0 saturated carbocycles. The number of rotatable bonds is 4. The molecular weight excluding hydrogens is 216 g/mol. The summed E-state index contributed by atoms with van der Waals surface area (Å²) in [6, 6.07) is 8.46. The maximum atomic E-state index is 5.49. The zero-order chi connectivity index (χ0) is 11.4. The zero-order valence-corrected chi connectivity index (χ0v) is 10.3. The summed E-state index contributed by atoms with van der Waals surface area (Å²) in [6.45, 7) is 2.84. The van der Waals surface area contributed by atoms with E-state index in [2.05, 4.69) is 41.6 Å². The van der Waals surface area contributed by atoms with Gasteiger partial charge in [-0.05, 0) is 32.4 Å². The Kier molecular flexibility index (Phi) is 3.70. The van der Waals surface area contributed by atoms with E-state index in [4.69, 9.17) is 5.73 Å². The van der Waals surface area contributed by atoms with Crippen LogP contribution in [0.2, 0.25) is 0 Å². The summed E-state index contributed by atoms with van der Waals surface area (Å²) >= 11 is 1.71. The van der Waals surface area contributed by atoms with Crippen LogP contribution in [0.25, 0.3) is 10.6 Å². The first-order chi connectivity index (χ1) is 7.79. The second-order valence-corrected chi connectivity index (χ2v) is 4.76. The Morgan fingerprint density at radius 2 is 2.25 bits per heavy atom. The van der Waals surface area contributed by atoms with Crippen molar-refractivity contribution >= 4 is 11.3 Å². The predicted molar refractivity (Wildman–Crippen MR) is 69.7 cm³/mol. The van der Waals surface area contributed by atoms with Gasteiger partial charge in [-0.25, -0.2) is 4.98 Å². The topological polar surface area (TPSA) is 38.9 Å². The summed E-state index contributed by atoms with van der Waals surface area (Å²) in [5, 5.41) is 3.24. The van der Waals surface area contributed by atoms with E-state index in [1.165, 1.54) is 11.1 Å². The van der Waals surface area contributed by atoms with E-state index in [0.29, 0.717) is 0 Å². The van der Waals surface area contributed by atoms with Crippen molar-refractivity contribution in [3.63, 3.8) is 0 Å². The molecule has 2 nitrogen and oxygen atoms in total. The standard InChI is InChI=1S/C13H16N2S/c1-10-4-2-5-11(8-10)13-15-12(9-16-13)6-3-7-14/h2,4-5,8-9H,3,6-7,14H2,1H3. The van der Waals surface area contributed by atoms with Crippen molar-refractivity contribution in [2.45, 2.75) is 19.8 Å². The highest BCUT2D eigenvalue weighted by Crippen LogP contribution is 2.24. The minimum absolute atomic E-state index is 0.733. The average Bonchev–Trinajstić information content (AvgIpc) is 2.75. The second-order valence-electron chi connectivity index (χ2n) is 3.91. The Bertz CT molecular complexity index is 462. The van der Waals surface area contributed by atoms with E-state index in [-0.39, 0.29) is 0 Å². The molecule has 0 atom stereocenters. The van der Waals surface area contributed by atoms with Gasteiger partial charge in [0, 0.05) is 10.9 Å². The third-order valence-corrected chi connectivity index (χ3v) is 3.39. The molecular formula is C13H16N2S. The van der Waals surface area contributed by atoms with Crippen molar-refractivity contribution < 1.29 is 0 Å². The highest BCUT2D eigenvalue weighted by atomic mass is 32.1. The molecule has 1 aromatic heterocycles. The molecule has 3 heteroatoms. The summed E-state index contributed by atoms with van der Waals surface area (Å²) in [5.74, 6) is 0. The predicted octanol–water partition coefficient (Wildman–Crippen LogP) is 3.01. The first kappa shape index (κ1) is 11.3. The third-order valence-electron chi connectivity index (χ3n) is 2.45. The van der Waals surface area contributed by atoms with Gasteiger partial charge in [0.15, 0.2) is 0 Å². The number of hydrogen-bond acceptors (Lipinski definition) is 3. The van der Waals surface area contributed by atoms with Gasteiger partial charge in [-0.2, -0.15) is 0 Å². The number of aromatic nitrogens is 1. The van der Waals surface area contributed by atoms with Crippen molar-refractivity contribution in [1.82, 2.24) is 4.98 Å². The van der Waals surface area contributed by atoms with Crippen LogP contribution in [0.4, 0.5) is 0 Å². The molecule has 2 rings (SSSR count). The van der Waals surface area contributed by atoms with E-state index in [1.54, 1.807) is 11.3 Å². The smallest absolute Gasteiger partial charge is 0.123 e. The minimum Gasteiger partial charge on any atom is -0.330 e. The SMILES string of the molecule is Cc1cccc(-c2nc(CCCN)cs2)c1. The molecule has 0 amide bonds. The molecule has 0 saturated heterocycles. The van der Waals surface area contributed by atoms with E-state index in [9.17, 15) is 0 Å². The summed E-state index contributed by atoms with van der Waals surface area (Å²) in [7, 11) is 0. The molecule has 0 aliphatic rings. The van der Waals surface area contributed by atoms with Gasteiger partial charge in [-0.3, -0.25) is 0 Å². The molecule has 0 aliphatic carbocycles. The molecule has 2 aromatic rings. The molecule has 0 unspecified atom stereocenters. The molecule has 0 fully saturated rings. The van der Waals surface area contributed by atoms with Gasteiger partial charge in [0.25, 0.3) is 0 Å². The van der Waals surface area contributed by atoms with E-state index in [0.717, 1.165) is 30.1 Å². The maximum absolute atomic E-state index is 5.49. The van der Waals surface area contributed by atoms with Gasteiger partial charge < -0.3 is 5.73 Å². The van der Waals surface area contributed by atoms with Crippen LogP contribution in [0.5, 0.6) is 0 Å². The van der Waals surface area contributed by atoms with Crippen molar-refractivity contribution in [2.24, 2.45) is 5.73 Å². The normalized spacial score (nSPS) is 10.6. The quantitative estimate of drug-likeness (QED) is 0.880. The lowest BCUT2D eigenvalue weighted by Gasteiger charge is -1.97. The van der Waals surface area contributed by atoms with Gasteiger partial charge in [0.2, 0.25) is 0 Å². The van der Waals surface area contributed by atoms with Gasteiger partial charge in [-0.15, -0.1) is 11.3 Å². The van der Waals surface area contributed by atoms with Crippen LogP contribution in [-0.4, -0.2) is 11.5 Å². The van der Waals surface area contributed by atoms with E-state index in [1.807, 2.05) is 0 Å². The molecule has 16 heavy (non-hydrogen) atoms. The van der Waals surface area contributed by atoms with Crippen molar-refractivity contribution in [2.75, 3.05) is 6.54 Å².